The van der Waals surface area contributed by atoms with Crippen LogP contribution in [0.25, 0.3) is 0 Å². The molecule has 0 unspecified atom stereocenters. The summed E-state index contributed by atoms with van der Waals surface area (Å²) in [5.41, 5.74) is 0. The van der Waals surface area contributed by atoms with E-state index in [0.717, 1.165) is 0 Å². The first kappa shape index (κ1) is 8.61. The Morgan fingerprint density at radius 1 is 1.11 bits per heavy atom. The maximum absolute atomic E-state index is 11.2. The van der Waals surface area contributed by atoms with Gasteiger partial charge in [-0.25, -0.2) is 13.2 Å². The molecule has 0 heterocycles. The number of rotatable bonds is 2. The molecule has 1 nitrogen and oxygen atoms in total. The van der Waals surface area contributed by atoms with Crippen molar-refractivity contribution >= 4 is 0 Å². The second kappa shape index (κ2) is 2.09. The van der Waals surface area contributed by atoms with Gasteiger partial charge in [0.05, 0.1) is 0 Å². The molecule has 0 aliphatic rings. The molecule has 0 aliphatic carbocycles. The maximum atomic E-state index is 11.2. The van der Waals surface area contributed by atoms with E-state index < -0.39 is 18.7 Å². The van der Waals surface area contributed by atoms with E-state index in [9.17, 15) is 22.0 Å². The standard InChI is InChI=1S/C3H2F5O/c4-1-2(5,6)3(7,8)9/h1H2/q-1. The van der Waals surface area contributed by atoms with Gasteiger partial charge in [-0.1, -0.05) is 0 Å². The molecule has 56 valence electrons. The van der Waals surface area contributed by atoms with E-state index in [-0.39, 0.29) is 0 Å². The van der Waals surface area contributed by atoms with E-state index in [2.05, 4.69) is 0 Å². The van der Waals surface area contributed by atoms with Gasteiger partial charge in [-0.3, -0.25) is 0 Å². The molecule has 0 aliphatic heterocycles. The molecule has 0 saturated carbocycles. The molecule has 0 N–H and O–H groups in total. The van der Waals surface area contributed by atoms with Gasteiger partial charge in [-0.15, -0.1) is 0 Å². The van der Waals surface area contributed by atoms with Gasteiger partial charge < -0.3 is 5.11 Å². The highest BCUT2D eigenvalue weighted by Gasteiger charge is 2.46. The van der Waals surface area contributed by atoms with Crippen molar-refractivity contribution in [2.45, 2.75) is 12.0 Å². The van der Waals surface area contributed by atoms with Gasteiger partial charge in [0.1, 0.15) is 0 Å². The van der Waals surface area contributed by atoms with E-state index in [1.165, 1.54) is 0 Å². The molecule has 6 heteroatoms. The van der Waals surface area contributed by atoms with E-state index in [0.29, 0.717) is 0 Å². The molecule has 0 atom stereocenters. The maximum Gasteiger partial charge on any atom is 0.323 e. The third-order valence-corrected chi connectivity index (χ3v) is 0.594. The Labute approximate surface area is 47.1 Å². The largest absolute Gasteiger partial charge is 0.793 e. The van der Waals surface area contributed by atoms with E-state index in [1.807, 2.05) is 0 Å². The van der Waals surface area contributed by atoms with E-state index in [1.54, 1.807) is 0 Å². The average molecular weight is 149 g/mol. The number of halogens is 5. The Bertz CT molecular complexity index is 94.9. The van der Waals surface area contributed by atoms with Crippen molar-refractivity contribution < 1.29 is 27.1 Å². The summed E-state index contributed by atoms with van der Waals surface area (Å²) in [4.78, 5) is 0. The summed E-state index contributed by atoms with van der Waals surface area (Å²) in [6.07, 6.45) is -5.51. The predicted octanol–water partition coefficient (Wildman–Crippen LogP) is 0.544. The molecule has 0 rings (SSSR count). The summed E-state index contributed by atoms with van der Waals surface area (Å²) in [5.74, 6) is -5.08. The molecule has 0 bridgehead atoms. The Kier molecular flexibility index (Phi) is 2.00. The topological polar surface area (TPSA) is 23.1 Å². The lowest BCUT2D eigenvalue weighted by molar-refractivity contribution is -0.612. The monoisotopic (exact) mass is 149 g/mol. The Morgan fingerprint density at radius 3 is 1.44 bits per heavy atom. The molecular formula is C3H2F5O-. The van der Waals surface area contributed by atoms with Crippen molar-refractivity contribution in [3.05, 3.63) is 0 Å². The van der Waals surface area contributed by atoms with Gasteiger partial charge in [-0.2, -0.15) is 8.78 Å². The summed E-state index contributed by atoms with van der Waals surface area (Å²) in [7, 11) is 0. The zero-order valence-electron chi connectivity index (χ0n) is 4.01. The van der Waals surface area contributed by atoms with Crippen molar-refractivity contribution in [1.29, 1.82) is 0 Å². The fraction of sp³-hybridized carbons (Fsp3) is 1.00. The summed E-state index contributed by atoms with van der Waals surface area (Å²) in [5, 5.41) is 9.03. The SMILES string of the molecule is [O-]C(F)(F)C(F)(F)CF. The van der Waals surface area contributed by atoms with Gasteiger partial charge >= 0.3 is 5.92 Å². The zero-order valence-corrected chi connectivity index (χ0v) is 4.01. The van der Waals surface area contributed by atoms with Crippen LogP contribution in [0.4, 0.5) is 22.0 Å². The van der Waals surface area contributed by atoms with E-state index in [4.69, 9.17) is 5.11 Å². The van der Waals surface area contributed by atoms with Crippen LogP contribution in [0.2, 0.25) is 0 Å². The van der Waals surface area contributed by atoms with Crippen molar-refractivity contribution in [3.8, 4) is 0 Å². The van der Waals surface area contributed by atoms with Crippen LogP contribution in [-0.2, 0) is 0 Å². The second-order valence-corrected chi connectivity index (χ2v) is 1.35. The van der Waals surface area contributed by atoms with Crippen molar-refractivity contribution in [1.82, 2.24) is 0 Å². The lowest BCUT2D eigenvalue weighted by Gasteiger charge is -2.28. The van der Waals surface area contributed by atoms with Crippen LogP contribution in [0.3, 0.4) is 0 Å². The molecule has 0 spiro atoms. The first-order chi connectivity index (χ1) is 3.81. The molecule has 0 aromatic heterocycles. The Morgan fingerprint density at radius 2 is 1.44 bits per heavy atom. The number of hydrogen-bond acceptors (Lipinski definition) is 1. The molecule has 0 radical (unpaired) electrons. The zero-order chi connectivity index (χ0) is 7.71. The van der Waals surface area contributed by atoms with Crippen molar-refractivity contribution in [3.63, 3.8) is 0 Å². The summed E-state index contributed by atoms with van der Waals surface area (Å²) >= 11 is 0. The first-order valence-electron chi connectivity index (χ1n) is 1.83. The predicted molar refractivity (Wildman–Crippen MR) is 15.9 cm³/mol. The minimum absolute atomic E-state index is 2.64. The Balaban J connectivity index is 4.14. The highest BCUT2D eigenvalue weighted by molar-refractivity contribution is 4.71. The van der Waals surface area contributed by atoms with Crippen LogP contribution in [0.5, 0.6) is 0 Å². The van der Waals surface area contributed by atoms with Gasteiger partial charge in [0.2, 0.25) is 0 Å². The van der Waals surface area contributed by atoms with Crippen LogP contribution in [0.1, 0.15) is 0 Å². The minimum Gasteiger partial charge on any atom is -0.793 e. The summed E-state index contributed by atoms with van der Waals surface area (Å²) in [6.45, 7) is -2.64. The molecular weight excluding hydrogens is 147 g/mol. The lowest BCUT2D eigenvalue weighted by atomic mass is 10.3. The van der Waals surface area contributed by atoms with Crippen LogP contribution < -0.4 is 5.11 Å². The molecule has 0 amide bonds. The van der Waals surface area contributed by atoms with E-state index >= 15 is 0 Å². The first-order valence-corrected chi connectivity index (χ1v) is 1.83. The number of alkyl halides is 5. The highest BCUT2D eigenvalue weighted by Crippen LogP contribution is 2.28. The molecule has 0 aromatic rings. The van der Waals surface area contributed by atoms with Crippen LogP contribution >= 0.6 is 0 Å². The molecule has 0 aromatic carbocycles. The number of hydrogen-bond donors (Lipinski definition) is 0. The van der Waals surface area contributed by atoms with Gasteiger partial charge in [0, 0.05) is 0 Å². The molecule has 0 saturated heterocycles. The van der Waals surface area contributed by atoms with Crippen LogP contribution in [0, 0.1) is 0 Å². The molecule has 9 heavy (non-hydrogen) atoms. The van der Waals surface area contributed by atoms with Crippen LogP contribution in [0.15, 0.2) is 0 Å². The van der Waals surface area contributed by atoms with Gasteiger partial charge in [0.25, 0.3) is 6.11 Å². The lowest BCUT2D eigenvalue weighted by Crippen LogP contribution is -2.52. The van der Waals surface area contributed by atoms with Crippen molar-refractivity contribution in [2.24, 2.45) is 0 Å². The summed E-state index contributed by atoms with van der Waals surface area (Å²) in [6, 6.07) is 0. The molecule has 0 fully saturated rings. The fourth-order valence-electron chi connectivity index (χ4n) is 0.0778. The smallest absolute Gasteiger partial charge is 0.323 e. The average Bonchev–Trinajstić information content (AvgIpc) is 1.64. The second-order valence-electron chi connectivity index (χ2n) is 1.35. The van der Waals surface area contributed by atoms with Crippen molar-refractivity contribution in [2.75, 3.05) is 6.67 Å². The normalized spacial score (nSPS) is 14.0. The third-order valence-electron chi connectivity index (χ3n) is 0.594. The fourth-order valence-corrected chi connectivity index (χ4v) is 0.0778. The quantitative estimate of drug-likeness (QED) is 0.525. The van der Waals surface area contributed by atoms with Gasteiger partial charge in [-0.05, 0) is 0 Å². The highest BCUT2D eigenvalue weighted by atomic mass is 19.3. The van der Waals surface area contributed by atoms with Crippen LogP contribution in [-0.4, -0.2) is 18.7 Å². The Hall–Kier alpha value is -0.390. The summed E-state index contributed by atoms with van der Waals surface area (Å²) < 4.78 is 55.2. The van der Waals surface area contributed by atoms with Gasteiger partial charge in [0.15, 0.2) is 6.67 Å². The minimum atomic E-state index is -5.51. The third kappa shape index (κ3) is 1.78.